The van der Waals surface area contributed by atoms with E-state index in [1.54, 1.807) is 23.1 Å². The minimum Gasteiger partial charge on any atom is -0.497 e. The number of fused-ring (bicyclic) bond motifs is 1. The van der Waals surface area contributed by atoms with Crippen molar-refractivity contribution in [2.45, 2.75) is 23.8 Å². The molecule has 180 valence electrons. The lowest BCUT2D eigenvalue weighted by atomic mass is 10.2. The molecule has 0 N–H and O–H groups in total. The number of piperazine rings is 1. The highest BCUT2D eigenvalue weighted by Gasteiger charge is 2.41. The first-order valence-electron chi connectivity index (χ1n) is 11.1. The van der Waals surface area contributed by atoms with Gasteiger partial charge in [0.15, 0.2) is 5.13 Å². The number of carbonyl (C=O) groups is 1. The van der Waals surface area contributed by atoms with E-state index in [0.29, 0.717) is 56.8 Å². The maximum absolute atomic E-state index is 14.0. The summed E-state index contributed by atoms with van der Waals surface area (Å²) < 4.78 is 47.8. The van der Waals surface area contributed by atoms with Crippen molar-refractivity contribution >= 4 is 42.6 Å². The first kappa shape index (κ1) is 23.0. The Morgan fingerprint density at radius 2 is 1.82 bits per heavy atom. The molecule has 2 aliphatic heterocycles. The second-order valence-corrected chi connectivity index (χ2v) is 11.2. The molecule has 1 atom stereocenters. The van der Waals surface area contributed by atoms with E-state index in [4.69, 9.17) is 4.74 Å². The van der Waals surface area contributed by atoms with Gasteiger partial charge in [-0.25, -0.2) is 17.8 Å². The third-order valence-electron chi connectivity index (χ3n) is 6.38. The van der Waals surface area contributed by atoms with E-state index < -0.39 is 16.1 Å². The topological polar surface area (TPSA) is 83.0 Å². The Kier molecular flexibility index (Phi) is 6.17. The molecule has 0 radical (unpaired) electrons. The zero-order valence-electron chi connectivity index (χ0n) is 18.7. The summed E-state index contributed by atoms with van der Waals surface area (Å²) in [7, 11) is -2.27. The summed E-state index contributed by atoms with van der Waals surface area (Å²) in [4.78, 5) is 21.7. The van der Waals surface area contributed by atoms with Crippen LogP contribution in [0.4, 0.5) is 9.52 Å². The van der Waals surface area contributed by atoms with Crippen LogP contribution in [0.5, 0.6) is 5.75 Å². The van der Waals surface area contributed by atoms with Crippen LogP contribution in [0.15, 0.2) is 47.4 Å². The van der Waals surface area contributed by atoms with Crippen molar-refractivity contribution in [1.29, 1.82) is 0 Å². The van der Waals surface area contributed by atoms with Gasteiger partial charge in [-0.2, -0.15) is 4.31 Å². The number of hydrogen-bond acceptors (Lipinski definition) is 7. The Morgan fingerprint density at radius 1 is 1.09 bits per heavy atom. The Bertz CT molecular complexity index is 1300. The number of benzene rings is 2. The molecule has 11 heteroatoms. The van der Waals surface area contributed by atoms with E-state index in [0.717, 1.165) is 9.83 Å². The molecule has 1 amide bonds. The van der Waals surface area contributed by atoms with Crippen LogP contribution in [0.1, 0.15) is 12.8 Å². The second-order valence-electron chi connectivity index (χ2n) is 8.34. The fourth-order valence-corrected chi connectivity index (χ4v) is 7.21. The van der Waals surface area contributed by atoms with Crippen molar-refractivity contribution in [3.8, 4) is 5.75 Å². The van der Waals surface area contributed by atoms with Gasteiger partial charge in [-0.3, -0.25) is 4.79 Å². The summed E-state index contributed by atoms with van der Waals surface area (Å²) in [5.74, 6) is 0.0690. The standard InChI is InChI=1S/C23H25FN4O4S2/c1-32-16-7-9-17(10-8-16)34(30,31)28-11-3-5-19(28)22(29)26-12-14-27(15-13-26)23-25-21-18(24)4-2-6-20(21)33-23/h2,4,6-10,19H,3,5,11-15H2,1H3. The summed E-state index contributed by atoms with van der Waals surface area (Å²) in [5, 5.41) is 0.733. The van der Waals surface area contributed by atoms with E-state index in [1.165, 1.54) is 41.0 Å². The van der Waals surface area contributed by atoms with Crippen molar-refractivity contribution in [3.63, 3.8) is 0 Å². The van der Waals surface area contributed by atoms with Crippen LogP contribution in [0.25, 0.3) is 10.2 Å². The molecule has 0 bridgehead atoms. The van der Waals surface area contributed by atoms with E-state index in [2.05, 4.69) is 9.88 Å². The van der Waals surface area contributed by atoms with Crippen LogP contribution in [0.2, 0.25) is 0 Å². The maximum Gasteiger partial charge on any atom is 0.243 e. The van der Waals surface area contributed by atoms with E-state index in [1.807, 2.05) is 6.07 Å². The molecule has 2 aromatic carbocycles. The fraction of sp³-hybridized carbons (Fsp3) is 0.391. The molecule has 2 aliphatic rings. The maximum atomic E-state index is 14.0. The number of thiazole rings is 1. The third-order valence-corrected chi connectivity index (χ3v) is 9.38. The van der Waals surface area contributed by atoms with Crippen LogP contribution in [-0.4, -0.2) is 74.4 Å². The molecule has 0 aliphatic carbocycles. The summed E-state index contributed by atoms with van der Waals surface area (Å²) in [5.41, 5.74) is 0.367. The number of rotatable bonds is 5. The lowest BCUT2D eigenvalue weighted by Crippen LogP contribution is -2.54. The largest absolute Gasteiger partial charge is 0.497 e. The number of aromatic nitrogens is 1. The minimum absolute atomic E-state index is 0.154. The van der Waals surface area contributed by atoms with Gasteiger partial charge in [0.25, 0.3) is 0 Å². The Balaban J connectivity index is 1.27. The van der Waals surface area contributed by atoms with Crippen LogP contribution in [-0.2, 0) is 14.8 Å². The molecule has 1 aromatic heterocycles. The number of methoxy groups -OCH3 is 1. The van der Waals surface area contributed by atoms with Gasteiger partial charge < -0.3 is 14.5 Å². The number of sulfonamides is 1. The lowest BCUT2D eigenvalue weighted by Gasteiger charge is -2.37. The number of carbonyl (C=O) groups excluding carboxylic acids is 1. The van der Waals surface area contributed by atoms with Crippen molar-refractivity contribution in [2.24, 2.45) is 0 Å². The quantitative estimate of drug-likeness (QED) is 0.531. The van der Waals surface area contributed by atoms with Gasteiger partial charge >= 0.3 is 0 Å². The van der Waals surface area contributed by atoms with E-state index >= 15 is 0 Å². The molecular weight excluding hydrogens is 479 g/mol. The molecule has 3 heterocycles. The van der Waals surface area contributed by atoms with Gasteiger partial charge in [-0.1, -0.05) is 17.4 Å². The first-order chi connectivity index (χ1) is 16.4. The molecule has 0 spiro atoms. The van der Waals surface area contributed by atoms with Crippen molar-refractivity contribution < 1.29 is 22.3 Å². The third kappa shape index (κ3) is 4.12. The molecule has 5 rings (SSSR count). The highest BCUT2D eigenvalue weighted by molar-refractivity contribution is 7.89. The number of anilines is 1. The smallest absolute Gasteiger partial charge is 0.243 e. The van der Waals surface area contributed by atoms with Crippen LogP contribution in [0.3, 0.4) is 0 Å². The van der Waals surface area contributed by atoms with Crippen molar-refractivity contribution in [1.82, 2.24) is 14.2 Å². The SMILES string of the molecule is COc1ccc(S(=O)(=O)N2CCCC2C(=O)N2CCN(c3nc4c(F)cccc4s3)CC2)cc1. The van der Waals surface area contributed by atoms with Gasteiger partial charge in [-0.05, 0) is 49.2 Å². The van der Waals surface area contributed by atoms with Gasteiger partial charge in [-0.15, -0.1) is 0 Å². The summed E-state index contributed by atoms with van der Waals surface area (Å²) in [6.07, 6.45) is 1.15. The van der Waals surface area contributed by atoms with Crippen LogP contribution < -0.4 is 9.64 Å². The number of amides is 1. The Hall–Kier alpha value is -2.76. The van der Waals surface area contributed by atoms with Gasteiger partial charge in [0.2, 0.25) is 15.9 Å². The molecule has 3 aromatic rings. The van der Waals surface area contributed by atoms with E-state index in [-0.39, 0.29) is 16.6 Å². The predicted molar refractivity (Wildman–Crippen MR) is 128 cm³/mol. The number of halogens is 1. The zero-order valence-corrected chi connectivity index (χ0v) is 20.3. The van der Waals surface area contributed by atoms with Gasteiger partial charge in [0, 0.05) is 32.7 Å². The molecular formula is C23H25FN4O4S2. The van der Waals surface area contributed by atoms with Crippen molar-refractivity contribution in [2.75, 3.05) is 44.7 Å². The molecule has 2 saturated heterocycles. The van der Waals surface area contributed by atoms with Crippen molar-refractivity contribution in [3.05, 3.63) is 48.3 Å². The Morgan fingerprint density at radius 3 is 2.50 bits per heavy atom. The average Bonchev–Trinajstić information content (AvgIpc) is 3.53. The van der Waals surface area contributed by atoms with Gasteiger partial charge in [0.05, 0.1) is 16.7 Å². The molecule has 1 unspecified atom stereocenters. The zero-order chi connectivity index (χ0) is 23.9. The average molecular weight is 505 g/mol. The first-order valence-corrected chi connectivity index (χ1v) is 13.4. The van der Waals surface area contributed by atoms with Crippen LogP contribution in [0, 0.1) is 5.82 Å². The fourth-order valence-electron chi connectivity index (χ4n) is 4.53. The number of para-hydroxylation sites is 1. The summed E-state index contributed by atoms with van der Waals surface area (Å²) in [6.45, 7) is 2.37. The lowest BCUT2D eigenvalue weighted by molar-refractivity contribution is -0.134. The van der Waals surface area contributed by atoms with E-state index in [9.17, 15) is 17.6 Å². The number of nitrogens with zero attached hydrogens (tertiary/aromatic N) is 4. The molecule has 0 saturated carbocycles. The monoisotopic (exact) mass is 504 g/mol. The normalized spacial score (nSPS) is 19.6. The van der Waals surface area contributed by atoms with Crippen LogP contribution >= 0.6 is 11.3 Å². The molecule has 8 nitrogen and oxygen atoms in total. The highest BCUT2D eigenvalue weighted by atomic mass is 32.2. The molecule has 34 heavy (non-hydrogen) atoms. The highest BCUT2D eigenvalue weighted by Crippen LogP contribution is 2.32. The molecule has 2 fully saturated rings. The van der Waals surface area contributed by atoms with Gasteiger partial charge in [0.1, 0.15) is 23.1 Å². The Labute approximate surface area is 201 Å². The predicted octanol–water partition coefficient (Wildman–Crippen LogP) is 2.95. The second kappa shape index (κ2) is 9.12. The number of hydrogen-bond donors (Lipinski definition) is 0. The number of ether oxygens (including phenoxy) is 1. The summed E-state index contributed by atoms with van der Waals surface area (Å²) in [6, 6.07) is 10.4. The summed E-state index contributed by atoms with van der Waals surface area (Å²) >= 11 is 1.43. The minimum atomic E-state index is -3.79.